The molecule has 0 aliphatic carbocycles. The van der Waals surface area contributed by atoms with Crippen molar-refractivity contribution < 1.29 is 4.79 Å². The molecule has 0 radical (unpaired) electrons. The summed E-state index contributed by atoms with van der Waals surface area (Å²) in [6, 6.07) is 16.3. The highest BCUT2D eigenvalue weighted by atomic mass is 32.2. The van der Waals surface area contributed by atoms with Crippen LogP contribution in [-0.2, 0) is 17.6 Å². The summed E-state index contributed by atoms with van der Waals surface area (Å²) in [5.41, 5.74) is 4.44. The van der Waals surface area contributed by atoms with E-state index in [4.69, 9.17) is 0 Å². The third kappa shape index (κ3) is 3.95. The maximum absolute atomic E-state index is 12.1. The Morgan fingerprint density at radius 2 is 1.54 bits per heavy atom. The summed E-state index contributed by atoms with van der Waals surface area (Å²) in [6.07, 6.45) is 3.92. The fourth-order valence-electron chi connectivity index (χ4n) is 2.40. The Balaban J connectivity index is 1.76. The summed E-state index contributed by atoms with van der Waals surface area (Å²) in [7, 11) is 0. The van der Waals surface area contributed by atoms with E-state index >= 15 is 0 Å². The van der Waals surface area contributed by atoms with Crippen LogP contribution in [0.4, 0.5) is 5.69 Å². The van der Waals surface area contributed by atoms with Crippen LogP contribution in [0.1, 0.15) is 30.5 Å². The molecular weight excluding hydrogens is 316 g/mol. The van der Waals surface area contributed by atoms with Crippen molar-refractivity contribution in [2.75, 3.05) is 0 Å². The van der Waals surface area contributed by atoms with E-state index in [2.05, 4.69) is 48.4 Å². The van der Waals surface area contributed by atoms with Crippen molar-refractivity contribution in [3.8, 4) is 0 Å². The maximum atomic E-state index is 12.1. The van der Waals surface area contributed by atoms with Gasteiger partial charge in [-0.2, -0.15) is 0 Å². The SMILES string of the molecule is CCc1ccc(/C=C2\SC(=Nc3ccc(CC)cc3)NC2=O)cc1. The highest BCUT2D eigenvalue weighted by Crippen LogP contribution is 2.28. The van der Waals surface area contributed by atoms with Crippen LogP contribution in [0.2, 0.25) is 0 Å². The Labute approximate surface area is 146 Å². The monoisotopic (exact) mass is 336 g/mol. The number of carbonyl (C=O) groups excluding carboxylic acids is 1. The van der Waals surface area contributed by atoms with Crippen LogP contribution < -0.4 is 5.32 Å². The molecule has 0 bridgehead atoms. The molecule has 4 heteroatoms. The van der Waals surface area contributed by atoms with Crippen LogP contribution in [0, 0.1) is 0 Å². The zero-order valence-corrected chi connectivity index (χ0v) is 14.7. The number of nitrogens with zero attached hydrogens (tertiary/aromatic N) is 1. The Kier molecular flexibility index (Phi) is 5.16. The van der Waals surface area contributed by atoms with Crippen LogP contribution in [0.3, 0.4) is 0 Å². The molecule has 1 aliphatic heterocycles. The van der Waals surface area contributed by atoms with Crippen LogP contribution in [-0.4, -0.2) is 11.1 Å². The molecule has 3 rings (SSSR count). The highest BCUT2D eigenvalue weighted by molar-refractivity contribution is 8.18. The molecule has 1 heterocycles. The maximum Gasteiger partial charge on any atom is 0.264 e. The van der Waals surface area contributed by atoms with E-state index in [-0.39, 0.29) is 5.91 Å². The lowest BCUT2D eigenvalue weighted by molar-refractivity contribution is -0.115. The summed E-state index contributed by atoms with van der Waals surface area (Å²) in [5, 5.41) is 3.46. The molecule has 1 N–H and O–H groups in total. The second kappa shape index (κ2) is 7.49. The van der Waals surface area contributed by atoms with E-state index in [0.29, 0.717) is 10.1 Å². The van der Waals surface area contributed by atoms with Gasteiger partial charge in [-0.1, -0.05) is 50.2 Å². The van der Waals surface area contributed by atoms with E-state index in [1.807, 2.05) is 30.3 Å². The second-order valence-corrected chi connectivity index (χ2v) is 6.63. The van der Waals surface area contributed by atoms with E-state index in [1.54, 1.807) is 0 Å². The molecular formula is C20H20N2OS. The highest BCUT2D eigenvalue weighted by Gasteiger charge is 2.23. The number of carbonyl (C=O) groups is 1. The van der Waals surface area contributed by atoms with Gasteiger partial charge in [0.15, 0.2) is 5.17 Å². The number of nitrogens with one attached hydrogen (secondary N) is 1. The third-order valence-electron chi connectivity index (χ3n) is 3.91. The number of amidine groups is 1. The molecule has 1 fully saturated rings. The van der Waals surface area contributed by atoms with E-state index in [1.165, 1.54) is 22.9 Å². The van der Waals surface area contributed by atoms with Crippen molar-refractivity contribution in [1.29, 1.82) is 0 Å². The second-order valence-electron chi connectivity index (χ2n) is 5.60. The molecule has 0 spiro atoms. The van der Waals surface area contributed by atoms with Crippen LogP contribution >= 0.6 is 11.8 Å². The summed E-state index contributed by atoms with van der Waals surface area (Å²) in [6.45, 7) is 4.25. The largest absolute Gasteiger partial charge is 0.300 e. The topological polar surface area (TPSA) is 41.5 Å². The minimum atomic E-state index is -0.0940. The van der Waals surface area contributed by atoms with Crippen molar-refractivity contribution in [1.82, 2.24) is 5.32 Å². The predicted octanol–water partition coefficient (Wildman–Crippen LogP) is 4.70. The van der Waals surface area contributed by atoms with E-state index in [0.717, 1.165) is 24.1 Å². The number of hydrogen-bond acceptors (Lipinski definition) is 3. The Morgan fingerprint density at radius 1 is 0.958 bits per heavy atom. The van der Waals surface area contributed by atoms with Crippen LogP contribution in [0.25, 0.3) is 6.08 Å². The van der Waals surface area contributed by atoms with Gasteiger partial charge in [-0.05, 0) is 59.5 Å². The number of amides is 1. The van der Waals surface area contributed by atoms with Gasteiger partial charge in [0.25, 0.3) is 5.91 Å². The number of benzene rings is 2. The van der Waals surface area contributed by atoms with Crippen molar-refractivity contribution in [2.45, 2.75) is 26.7 Å². The smallest absolute Gasteiger partial charge is 0.264 e. The van der Waals surface area contributed by atoms with Crippen molar-refractivity contribution >= 4 is 34.6 Å². The van der Waals surface area contributed by atoms with Crippen molar-refractivity contribution in [2.24, 2.45) is 4.99 Å². The molecule has 2 aromatic carbocycles. The third-order valence-corrected chi connectivity index (χ3v) is 4.82. The fourth-order valence-corrected chi connectivity index (χ4v) is 3.25. The zero-order valence-electron chi connectivity index (χ0n) is 13.9. The molecule has 1 saturated heterocycles. The van der Waals surface area contributed by atoms with Gasteiger partial charge in [0, 0.05) is 0 Å². The minimum Gasteiger partial charge on any atom is -0.300 e. The number of rotatable bonds is 4. The molecule has 0 atom stereocenters. The summed E-state index contributed by atoms with van der Waals surface area (Å²) in [4.78, 5) is 17.3. The van der Waals surface area contributed by atoms with Gasteiger partial charge < -0.3 is 5.32 Å². The van der Waals surface area contributed by atoms with Crippen LogP contribution in [0.5, 0.6) is 0 Å². The average Bonchev–Trinajstić information content (AvgIpc) is 2.95. The van der Waals surface area contributed by atoms with Gasteiger partial charge in [-0.3, -0.25) is 4.79 Å². The summed E-state index contributed by atoms with van der Waals surface area (Å²) < 4.78 is 0. The molecule has 3 nitrogen and oxygen atoms in total. The molecule has 0 saturated carbocycles. The van der Waals surface area contributed by atoms with Crippen molar-refractivity contribution in [3.63, 3.8) is 0 Å². The van der Waals surface area contributed by atoms with Gasteiger partial charge in [-0.15, -0.1) is 0 Å². The first-order valence-corrected chi connectivity index (χ1v) is 8.97. The molecule has 1 aliphatic rings. The molecule has 1 amide bonds. The Hall–Kier alpha value is -2.33. The number of thioether (sulfide) groups is 1. The van der Waals surface area contributed by atoms with Gasteiger partial charge in [-0.25, -0.2) is 4.99 Å². The summed E-state index contributed by atoms with van der Waals surface area (Å²) >= 11 is 1.38. The molecule has 122 valence electrons. The van der Waals surface area contributed by atoms with Crippen molar-refractivity contribution in [3.05, 3.63) is 70.1 Å². The predicted molar refractivity (Wildman–Crippen MR) is 102 cm³/mol. The Morgan fingerprint density at radius 3 is 2.12 bits per heavy atom. The molecule has 0 unspecified atom stereocenters. The quantitative estimate of drug-likeness (QED) is 0.822. The van der Waals surface area contributed by atoms with E-state index in [9.17, 15) is 4.79 Å². The van der Waals surface area contributed by atoms with Gasteiger partial charge in [0.1, 0.15) is 0 Å². The number of aryl methyl sites for hydroxylation is 2. The van der Waals surface area contributed by atoms with Crippen LogP contribution in [0.15, 0.2) is 58.4 Å². The standard InChI is InChI=1S/C20H20N2OS/c1-3-14-5-7-16(8-6-14)13-18-19(23)22-20(24-18)21-17-11-9-15(4-2)10-12-17/h5-13H,3-4H2,1-2H3,(H,21,22,23)/b18-13-. The molecule has 0 aromatic heterocycles. The fraction of sp³-hybridized carbons (Fsp3) is 0.200. The normalized spacial score (nSPS) is 17.5. The molecule has 24 heavy (non-hydrogen) atoms. The number of aliphatic imine (C=N–C) groups is 1. The zero-order chi connectivity index (χ0) is 16.9. The lowest BCUT2D eigenvalue weighted by Crippen LogP contribution is -2.19. The minimum absolute atomic E-state index is 0.0940. The average molecular weight is 336 g/mol. The first-order valence-electron chi connectivity index (χ1n) is 8.15. The number of hydrogen-bond donors (Lipinski definition) is 1. The van der Waals surface area contributed by atoms with Gasteiger partial charge in [0.05, 0.1) is 10.6 Å². The lowest BCUT2D eigenvalue weighted by Gasteiger charge is -1.99. The summed E-state index contributed by atoms with van der Waals surface area (Å²) in [5.74, 6) is -0.0940. The van der Waals surface area contributed by atoms with E-state index < -0.39 is 0 Å². The molecule has 2 aromatic rings. The Bertz CT molecular complexity index is 789. The van der Waals surface area contributed by atoms with Gasteiger partial charge >= 0.3 is 0 Å². The first-order chi connectivity index (χ1) is 11.7. The first kappa shape index (κ1) is 16.5. The lowest BCUT2D eigenvalue weighted by atomic mass is 10.1. The van der Waals surface area contributed by atoms with Gasteiger partial charge in [0.2, 0.25) is 0 Å².